The zero-order valence-corrected chi connectivity index (χ0v) is 24.0. The van der Waals surface area contributed by atoms with Gasteiger partial charge in [-0.25, -0.2) is 0 Å². The molecule has 1 aromatic carbocycles. The summed E-state index contributed by atoms with van der Waals surface area (Å²) in [6.45, 7) is 4.79. The maximum atomic E-state index is 13.7. The molecule has 40 heavy (non-hydrogen) atoms. The Morgan fingerprint density at radius 1 is 1.05 bits per heavy atom. The van der Waals surface area contributed by atoms with Crippen LogP contribution in [0.4, 0.5) is 0 Å². The van der Waals surface area contributed by atoms with Gasteiger partial charge in [-0.15, -0.1) is 0 Å². The Labute approximate surface area is 237 Å². The number of ketones is 2. The van der Waals surface area contributed by atoms with E-state index in [1.165, 1.54) is 0 Å². The maximum Gasteiger partial charge on any atom is 0.226 e. The molecular weight excluding hydrogens is 512 g/mol. The van der Waals surface area contributed by atoms with Crippen LogP contribution in [0.15, 0.2) is 24.3 Å². The highest BCUT2D eigenvalue weighted by Crippen LogP contribution is 2.34. The average molecular weight is 557 g/mol. The minimum absolute atomic E-state index is 0.0570. The number of hydrogen-bond donors (Lipinski definition) is 2. The van der Waals surface area contributed by atoms with Crippen molar-refractivity contribution in [1.29, 1.82) is 0 Å². The fourth-order valence-corrected chi connectivity index (χ4v) is 5.80. The normalized spacial score (nSPS) is 24.9. The van der Waals surface area contributed by atoms with Crippen molar-refractivity contribution in [2.24, 2.45) is 17.8 Å². The Bertz CT molecular complexity index is 1040. The van der Waals surface area contributed by atoms with Crippen LogP contribution in [0.5, 0.6) is 5.75 Å². The molecule has 3 fully saturated rings. The Morgan fingerprint density at radius 3 is 2.35 bits per heavy atom. The first-order valence-electron chi connectivity index (χ1n) is 14.7. The van der Waals surface area contributed by atoms with Gasteiger partial charge >= 0.3 is 0 Å². The van der Waals surface area contributed by atoms with Crippen LogP contribution in [0, 0.1) is 17.8 Å². The van der Waals surface area contributed by atoms with Crippen molar-refractivity contribution in [2.75, 3.05) is 26.9 Å². The smallest absolute Gasteiger partial charge is 0.226 e. The molecular formula is C31H44N2O7. The van der Waals surface area contributed by atoms with Crippen molar-refractivity contribution in [3.05, 3.63) is 29.8 Å². The molecule has 2 N–H and O–H groups in total. The van der Waals surface area contributed by atoms with Gasteiger partial charge in [0.2, 0.25) is 11.8 Å². The van der Waals surface area contributed by atoms with Crippen LogP contribution >= 0.6 is 0 Å². The monoisotopic (exact) mass is 556 g/mol. The number of methoxy groups -OCH3 is 1. The van der Waals surface area contributed by atoms with E-state index in [1.807, 2.05) is 24.3 Å². The molecule has 0 aromatic heterocycles. The summed E-state index contributed by atoms with van der Waals surface area (Å²) >= 11 is 0. The lowest BCUT2D eigenvalue weighted by atomic mass is 9.88. The van der Waals surface area contributed by atoms with E-state index in [4.69, 9.17) is 14.2 Å². The molecule has 1 aliphatic carbocycles. The molecule has 9 heteroatoms. The van der Waals surface area contributed by atoms with Gasteiger partial charge in [0.1, 0.15) is 11.4 Å². The quantitative estimate of drug-likeness (QED) is 0.338. The second-order valence-electron chi connectivity index (χ2n) is 11.9. The minimum atomic E-state index is -0.848. The van der Waals surface area contributed by atoms with Crippen LogP contribution in [0.2, 0.25) is 0 Å². The van der Waals surface area contributed by atoms with E-state index in [0.29, 0.717) is 44.3 Å². The van der Waals surface area contributed by atoms with Crippen LogP contribution in [0.3, 0.4) is 0 Å². The molecule has 2 saturated heterocycles. The van der Waals surface area contributed by atoms with Crippen molar-refractivity contribution >= 4 is 23.4 Å². The predicted octanol–water partition coefficient (Wildman–Crippen LogP) is 3.17. The molecule has 0 unspecified atom stereocenters. The number of carbonyl (C=O) groups is 4. The summed E-state index contributed by atoms with van der Waals surface area (Å²) in [5, 5.41) is 5.84. The number of epoxide rings is 1. The van der Waals surface area contributed by atoms with Crippen LogP contribution in [-0.4, -0.2) is 68.0 Å². The number of benzene rings is 1. The molecule has 3 aliphatic rings. The first-order chi connectivity index (χ1) is 19.2. The minimum Gasteiger partial charge on any atom is -0.497 e. The first-order valence-corrected chi connectivity index (χ1v) is 14.7. The SMILES string of the molecule is COc1ccc(C[C@H](CC(=O)[C@@H](C)NC(=O)[C@@H]2CCCOC2)C(=O)N[C@@H](CC2CCCC2)C(=O)[C@@]2(C)CO2)cc1. The second kappa shape index (κ2) is 13.7. The number of hydrogen-bond acceptors (Lipinski definition) is 7. The Balaban J connectivity index is 1.46. The number of carbonyl (C=O) groups excluding carboxylic acids is 4. The number of rotatable bonds is 14. The number of Topliss-reactive ketones (excluding diaryl/α,β-unsaturated/α-hetero) is 2. The number of nitrogens with one attached hydrogen (secondary N) is 2. The van der Waals surface area contributed by atoms with E-state index < -0.39 is 23.6 Å². The van der Waals surface area contributed by atoms with Gasteiger partial charge in [-0.3, -0.25) is 19.2 Å². The Morgan fingerprint density at radius 2 is 1.75 bits per heavy atom. The van der Waals surface area contributed by atoms with E-state index >= 15 is 0 Å². The zero-order chi connectivity index (χ0) is 28.7. The summed E-state index contributed by atoms with van der Waals surface area (Å²) in [5.41, 5.74) is 0.0281. The van der Waals surface area contributed by atoms with Gasteiger partial charge in [0, 0.05) is 18.9 Å². The molecule has 2 amide bonds. The predicted molar refractivity (Wildman–Crippen MR) is 149 cm³/mol. The third-order valence-corrected chi connectivity index (χ3v) is 8.61. The summed E-state index contributed by atoms with van der Waals surface area (Å²) in [7, 11) is 1.59. The molecule has 5 atom stereocenters. The van der Waals surface area contributed by atoms with E-state index in [1.54, 1.807) is 21.0 Å². The van der Waals surface area contributed by atoms with Gasteiger partial charge in [-0.2, -0.15) is 0 Å². The van der Waals surface area contributed by atoms with Gasteiger partial charge in [0.25, 0.3) is 0 Å². The van der Waals surface area contributed by atoms with Gasteiger partial charge < -0.3 is 24.8 Å². The third kappa shape index (κ3) is 8.13. The Hall–Kier alpha value is -2.78. The highest BCUT2D eigenvalue weighted by atomic mass is 16.6. The lowest BCUT2D eigenvalue weighted by Crippen LogP contribution is -2.50. The van der Waals surface area contributed by atoms with Crippen LogP contribution in [0.25, 0.3) is 0 Å². The maximum absolute atomic E-state index is 13.7. The number of ether oxygens (including phenoxy) is 3. The zero-order valence-electron chi connectivity index (χ0n) is 24.0. The van der Waals surface area contributed by atoms with Crippen molar-refractivity contribution in [2.45, 2.75) is 89.3 Å². The highest BCUT2D eigenvalue weighted by Gasteiger charge is 2.50. The van der Waals surface area contributed by atoms with Gasteiger partial charge in [-0.05, 0) is 63.1 Å². The molecule has 220 valence electrons. The summed E-state index contributed by atoms with van der Waals surface area (Å²) in [6, 6.07) is 5.99. The largest absolute Gasteiger partial charge is 0.497 e. The van der Waals surface area contributed by atoms with Gasteiger partial charge in [0.15, 0.2) is 11.6 Å². The Kier molecular flexibility index (Phi) is 10.4. The molecule has 2 aliphatic heterocycles. The summed E-state index contributed by atoms with van der Waals surface area (Å²) in [6.07, 6.45) is 6.76. The van der Waals surface area contributed by atoms with Crippen molar-refractivity contribution in [3.8, 4) is 5.75 Å². The van der Waals surface area contributed by atoms with Crippen molar-refractivity contribution < 1.29 is 33.4 Å². The van der Waals surface area contributed by atoms with E-state index in [-0.39, 0.29) is 35.7 Å². The highest BCUT2D eigenvalue weighted by molar-refractivity contribution is 5.98. The second-order valence-corrected chi connectivity index (χ2v) is 11.9. The molecule has 1 saturated carbocycles. The standard InChI is InChI=1S/C31H44N2O7/c1-20(32-29(36)23-9-6-14-39-18-23)27(34)17-24(15-22-10-12-25(38-3)13-11-22)30(37)33-26(16-21-7-4-5-8-21)28(35)31(2)19-40-31/h10-13,20-21,23-24,26H,4-9,14-19H2,1-3H3,(H,32,36)(H,33,37)/t20-,23-,24-,26+,31-/m1/s1. The van der Waals surface area contributed by atoms with Crippen LogP contribution in [-0.2, 0) is 35.1 Å². The summed E-state index contributed by atoms with van der Waals surface area (Å²) in [4.78, 5) is 53.1. The molecule has 9 nitrogen and oxygen atoms in total. The van der Waals surface area contributed by atoms with Crippen LogP contribution in [0.1, 0.15) is 70.8 Å². The molecule has 2 heterocycles. The molecule has 4 rings (SSSR count). The van der Waals surface area contributed by atoms with E-state index in [9.17, 15) is 19.2 Å². The summed E-state index contributed by atoms with van der Waals surface area (Å²) < 4.78 is 16.1. The fraction of sp³-hybridized carbons (Fsp3) is 0.677. The fourth-order valence-electron chi connectivity index (χ4n) is 5.80. The molecule has 0 bridgehead atoms. The van der Waals surface area contributed by atoms with Gasteiger partial charge in [-0.1, -0.05) is 37.8 Å². The topological polar surface area (TPSA) is 123 Å². The lowest BCUT2D eigenvalue weighted by molar-refractivity contribution is -0.135. The van der Waals surface area contributed by atoms with Crippen LogP contribution < -0.4 is 15.4 Å². The number of amides is 2. The van der Waals surface area contributed by atoms with E-state index in [0.717, 1.165) is 44.1 Å². The third-order valence-electron chi connectivity index (χ3n) is 8.61. The lowest BCUT2D eigenvalue weighted by Gasteiger charge is -2.26. The van der Waals surface area contributed by atoms with E-state index in [2.05, 4.69) is 10.6 Å². The molecule has 1 aromatic rings. The van der Waals surface area contributed by atoms with Crippen molar-refractivity contribution in [1.82, 2.24) is 10.6 Å². The molecule has 0 spiro atoms. The summed E-state index contributed by atoms with van der Waals surface area (Å²) in [5.74, 6) is -0.741. The first kappa shape index (κ1) is 30.2. The average Bonchev–Trinajstić information content (AvgIpc) is 3.50. The van der Waals surface area contributed by atoms with Gasteiger partial charge in [0.05, 0.1) is 38.3 Å². The van der Waals surface area contributed by atoms with Crippen molar-refractivity contribution in [3.63, 3.8) is 0 Å². The molecule has 0 radical (unpaired) electrons.